The molecule has 4 unspecified atom stereocenters. The van der Waals surface area contributed by atoms with Gasteiger partial charge in [0.2, 0.25) is 5.91 Å². The number of nitrogens with zero attached hydrogens (tertiary/aromatic N) is 4. The topological polar surface area (TPSA) is 169 Å². The van der Waals surface area contributed by atoms with Crippen LogP contribution in [0.25, 0.3) is 11.2 Å². The Morgan fingerprint density at radius 1 is 1.16 bits per heavy atom. The highest BCUT2D eigenvalue weighted by molar-refractivity contribution is 5.82. The first-order valence-electron chi connectivity index (χ1n) is 15.5. The number of fused-ring (bicyclic) bond motifs is 1. The Bertz CT molecular complexity index is 1470. The van der Waals surface area contributed by atoms with Crippen molar-refractivity contribution in [1.29, 1.82) is 0 Å². The van der Waals surface area contributed by atoms with Gasteiger partial charge in [-0.25, -0.2) is 4.79 Å². The van der Waals surface area contributed by atoms with E-state index in [1.165, 1.54) is 7.11 Å². The average Bonchev–Trinajstić information content (AvgIpc) is 3.34. The molecule has 44 heavy (non-hydrogen) atoms. The molecule has 1 fully saturated rings. The van der Waals surface area contributed by atoms with Crippen LogP contribution in [-0.2, 0) is 27.3 Å². The number of nitrogens with two attached hydrogens (primary N) is 1. The molecule has 0 radical (unpaired) electrons. The number of esters is 1. The standard InChI is InChI=1S/C31H46N8O5/c1-6-8-16-44-30-36-27(32)25-28(37-30)39(31(42)35-25)26-19(3)38(4)15-14-22(26)34-23(9-7-2)29(41)33-18-21-12-10-20(11-13-21)17-24(40)43-5/h10-13,19,22-23,26,34H,6-9,14-18H2,1-5H3,(H,33,41)(H,35,42)(H2,32,36,37). The van der Waals surface area contributed by atoms with Gasteiger partial charge in [-0.05, 0) is 50.9 Å². The van der Waals surface area contributed by atoms with Crippen molar-refractivity contribution in [1.82, 2.24) is 35.1 Å². The van der Waals surface area contributed by atoms with Crippen LogP contribution in [0.1, 0.15) is 70.0 Å². The first-order chi connectivity index (χ1) is 21.2. The number of hydrogen-bond donors (Lipinski definition) is 4. The molecule has 0 saturated carbocycles. The molecule has 1 aromatic carbocycles. The average molecular weight is 611 g/mol. The summed E-state index contributed by atoms with van der Waals surface area (Å²) in [5.41, 5.74) is 8.43. The van der Waals surface area contributed by atoms with E-state index in [0.717, 1.165) is 43.4 Å². The Labute approximate surface area is 257 Å². The highest BCUT2D eigenvalue weighted by Crippen LogP contribution is 2.31. The number of ether oxygens (including phenoxy) is 2. The largest absolute Gasteiger partial charge is 0.469 e. The van der Waals surface area contributed by atoms with Crippen molar-refractivity contribution < 1.29 is 19.1 Å². The molecule has 4 atom stereocenters. The number of nitrogen functional groups attached to an aromatic ring is 1. The van der Waals surface area contributed by atoms with Gasteiger partial charge in [0, 0.05) is 18.6 Å². The fraction of sp³-hybridized carbons (Fsp3) is 0.581. The molecule has 4 rings (SSSR count). The lowest BCUT2D eigenvalue weighted by atomic mass is 9.91. The zero-order valence-corrected chi connectivity index (χ0v) is 26.4. The van der Waals surface area contributed by atoms with Crippen LogP contribution in [0.3, 0.4) is 0 Å². The molecule has 1 aliphatic heterocycles. The number of rotatable bonds is 14. The van der Waals surface area contributed by atoms with Gasteiger partial charge < -0.3 is 35.7 Å². The predicted molar refractivity (Wildman–Crippen MR) is 168 cm³/mol. The summed E-state index contributed by atoms with van der Waals surface area (Å²) in [5.74, 6) is -0.256. The maximum atomic E-state index is 13.5. The number of carbonyl (C=O) groups is 2. The number of hydrogen-bond acceptors (Lipinski definition) is 10. The predicted octanol–water partition coefficient (Wildman–Crippen LogP) is 2.30. The molecular formula is C31H46N8O5. The molecule has 1 amide bonds. The molecule has 3 heterocycles. The van der Waals surface area contributed by atoms with Crippen molar-refractivity contribution in [2.75, 3.05) is 33.0 Å². The van der Waals surface area contributed by atoms with Crippen LogP contribution in [0.2, 0.25) is 0 Å². The van der Waals surface area contributed by atoms with Gasteiger partial charge in [-0.1, -0.05) is 51.0 Å². The zero-order valence-electron chi connectivity index (χ0n) is 26.4. The molecule has 1 aliphatic rings. The number of likely N-dealkylation sites (N-methyl/N-ethyl adjacent to an activating group) is 1. The van der Waals surface area contributed by atoms with Gasteiger partial charge in [0.1, 0.15) is 5.52 Å². The van der Waals surface area contributed by atoms with Gasteiger partial charge in [0.15, 0.2) is 11.5 Å². The van der Waals surface area contributed by atoms with E-state index in [0.29, 0.717) is 30.7 Å². The Hall–Kier alpha value is -3.97. The summed E-state index contributed by atoms with van der Waals surface area (Å²) < 4.78 is 12.1. The molecule has 5 N–H and O–H groups in total. The maximum absolute atomic E-state index is 13.5. The van der Waals surface area contributed by atoms with Crippen molar-refractivity contribution in [3.05, 3.63) is 45.9 Å². The van der Waals surface area contributed by atoms with E-state index in [9.17, 15) is 14.4 Å². The number of H-pyrrole nitrogens is 1. The van der Waals surface area contributed by atoms with Crippen LogP contribution in [-0.4, -0.2) is 81.7 Å². The van der Waals surface area contributed by atoms with Gasteiger partial charge in [-0.15, -0.1) is 0 Å². The van der Waals surface area contributed by atoms with E-state index in [2.05, 4.69) is 44.3 Å². The number of imidazole rings is 1. The minimum absolute atomic E-state index is 0.0487. The normalized spacial score (nSPS) is 19.5. The second kappa shape index (κ2) is 15.2. The van der Waals surface area contributed by atoms with Crippen molar-refractivity contribution in [3.8, 4) is 6.01 Å². The monoisotopic (exact) mass is 610 g/mol. The van der Waals surface area contributed by atoms with E-state index >= 15 is 0 Å². The number of likely N-dealkylation sites (tertiary alicyclic amines) is 1. The number of amides is 1. The lowest BCUT2D eigenvalue weighted by molar-refractivity contribution is -0.139. The minimum Gasteiger partial charge on any atom is -0.469 e. The highest BCUT2D eigenvalue weighted by Gasteiger charge is 2.39. The lowest BCUT2D eigenvalue weighted by Crippen LogP contribution is -2.59. The van der Waals surface area contributed by atoms with Gasteiger partial charge in [-0.3, -0.25) is 14.2 Å². The summed E-state index contributed by atoms with van der Waals surface area (Å²) in [6.07, 6.45) is 4.16. The van der Waals surface area contributed by atoms with Crippen LogP contribution in [0.4, 0.5) is 5.82 Å². The molecule has 0 aliphatic carbocycles. The number of unbranched alkanes of at least 4 members (excludes halogenated alkanes) is 1. The second-order valence-electron chi connectivity index (χ2n) is 11.5. The highest BCUT2D eigenvalue weighted by atomic mass is 16.5. The van der Waals surface area contributed by atoms with Crippen molar-refractivity contribution >= 4 is 28.9 Å². The minimum atomic E-state index is -0.463. The third-order valence-corrected chi connectivity index (χ3v) is 8.37. The smallest absolute Gasteiger partial charge is 0.328 e. The fourth-order valence-corrected chi connectivity index (χ4v) is 5.71. The molecule has 13 heteroatoms. The van der Waals surface area contributed by atoms with Gasteiger partial charge in [-0.2, -0.15) is 9.97 Å². The number of anilines is 1. The summed E-state index contributed by atoms with van der Waals surface area (Å²) in [5, 5.41) is 6.68. The third-order valence-electron chi connectivity index (χ3n) is 8.37. The zero-order chi connectivity index (χ0) is 31.8. The third kappa shape index (κ3) is 7.75. The number of methoxy groups -OCH3 is 1. The SMILES string of the molecule is CCCCOc1nc(N)c2[nH]c(=O)n(C3C(NC(CCC)C(=O)NCc4ccc(CC(=O)OC)cc4)CCN(C)C3C)c2n1. The van der Waals surface area contributed by atoms with Crippen LogP contribution in [0.5, 0.6) is 6.01 Å². The Morgan fingerprint density at radius 2 is 1.89 bits per heavy atom. The first kappa shape index (κ1) is 32.9. The van der Waals surface area contributed by atoms with E-state index in [1.54, 1.807) is 4.57 Å². The molecule has 3 aromatic rings. The van der Waals surface area contributed by atoms with Crippen LogP contribution in [0.15, 0.2) is 29.1 Å². The molecule has 0 bridgehead atoms. The summed E-state index contributed by atoms with van der Waals surface area (Å²) >= 11 is 0. The number of aromatic amines is 1. The number of carbonyl (C=O) groups excluding carboxylic acids is 2. The molecule has 2 aromatic heterocycles. The summed E-state index contributed by atoms with van der Waals surface area (Å²) in [4.78, 5) is 52.4. The Morgan fingerprint density at radius 3 is 2.57 bits per heavy atom. The quantitative estimate of drug-likeness (QED) is 0.157. The second-order valence-corrected chi connectivity index (χ2v) is 11.5. The molecular weight excluding hydrogens is 564 g/mol. The molecule has 13 nitrogen and oxygen atoms in total. The molecule has 0 spiro atoms. The van der Waals surface area contributed by atoms with Crippen LogP contribution >= 0.6 is 0 Å². The van der Waals surface area contributed by atoms with E-state index < -0.39 is 6.04 Å². The van der Waals surface area contributed by atoms with Crippen LogP contribution < -0.4 is 26.8 Å². The summed E-state index contributed by atoms with van der Waals surface area (Å²) in [7, 11) is 3.40. The fourth-order valence-electron chi connectivity index (χ4n) is 5.71. The van der Waals surface area contributed by atoms with E-state index in [1.807, 2.05) is 38.2 Å². The van der Waals surface area contributed by atoms with E-state index in [4.69, 9.17) is 15.2 Å². The number of aromatic nitrogens is 4. The molecule has 1 saturated heterocycles. The maximum Gasteiger partial charge on any atom is 0.328 e. The Balaban J connectivity index is 1.55. The first-order valence-corrected chi connectivity index (χ1v) is 15.5. The summed E-state index contributed by atoms with van der Waals surface area (Å²) in [6, 6.07) is 6.60. The number of benzene rings is 1. The van der Waals surface area contributed by atoms with Crippen LogP contribution in [0, 0.1) is 0 Å². The van der Waals surface area contributed by atoms with Crippen molar-refractivity contribution in [3.63, 3.8) is 0 Å². The lowest BCUT2D eigenvalue weighted by Gasteiger charge is -2.44. The Kier molecular flexibility index (Phi) is 11.3. The van der Waals surface area contributed by atoms with Gasteiger partial charge >= 0.3 is 17.7 Å². The number of nitrogens with one attached hydrogen (secondary N) is 3. The van der Waals surface area contributed by atoms with Gasteiger partial charge in [0.25, 0.3) is 0 Å². The van der Waals surface area contributed by atoms with Gasteiger partial charge in [0.05, 0.1) is 32.2 Å². The number of piperidine rings is 1. The van der Waals surface area contributed by atoms with Crippen molar-refractivity contribution in [2.45, 2.75) is 90.0 Å². The van der Waals surface area contributed by atoms with Crippen molar-refractivity contribution in [2.24, 2.45) is 0 Å². The van der Waals surface area contributed by atoms with E-state index in [-0.39, 0.29) is 53.9 Å². The summed E-state index contributed by atoms with van der Waals surface area (Å²) in [6.45, 7) is 7.79. The molecule has 240 valence electrons.